The van der Waals surface area contributed by atoms with Crippen molar-refractivity contribution in [1.82, 2.24) is 44.9 Å². The molecule has 498 valence electrons. The molecule has 0 aromatic rings. The van der Waals surface area contributed by atoms with Gasteiger partial charge in [-0.2, -0.15) is 0 Å². The van der Waals surface area contributed by atoms with E-state index in [1.54, 1.807) is 68.4 Å². The normalized spacial score (nSPS) is 27.6. The van der Waals surface area contributed by atoms with E-state index < -0.39 is 160 Å². The molecule has 21 nitrogen and oxygen atoms in total. The van der Waals surface area contributed by atoms with Crippen molar-refractivity contribution in [2.45, 2.75) is 243 Å². The van der Waals surface area contributed by atoms with E-state index in [0.717, 1.165) is 11.3 Å². The molecule has 0 saturated carbocycles. The summed E-state index contributed by atoms with van der Waals surface area (Å²) in [6.45, 7) is 35.8. The summed E-state index contributed by atoms with van der Waals surface area (Å²) in [7, 11) is 10.1. The van der Waals surface area contributed by atoms with Crippen LogP contribution in [0.3, 0.4) is 0 Å². The Morgan fingerprint density at radius 2 is 0.989 bits per heavy atom. The van der Waals surface area contributed by atoms with E-state index in [4.69, 9.17) is 0 Å². The SMILES string of the molecule is C=CC(C)(C)[C@H]1C(=O)C[C@@H](C(C)C)C(=O)N(C)[C@@H](CC(C)C)C(=O)C[C@@H](C)C(=O)N[C@H](C)C(=O)N(C)[C@@H](CC(C)C)C(=O)N(C)[C@@H](CC(C)C)C(=O)N(C)[C@@H](C(C)C)C(=O)N(C)[C@@H]([C@H](O)[C@H](C)CCCC)C(=O)N[C@@H](CC)C(=O)N(C)[C@H](C)C(=O)N1C. The minimum atomic E-state index is -1.59. The van der Waals surface area contributed by atoms with Crippen molar-refractivity contribution in [2.24, 2.45) is 52.8 Å². The van der Waals surface area contributed by atoms with E-state index in [-0.39, 0.29) is 56.3 Å². The van der Waals surface area contributed by atoms with Crippen molar-refractivity contribution in [3.63, 3.8) is 0 Å². The van der Waals surface area contributed by atoms with Crippen LogP contribution in [0.2, 0.25) is 0 Å². The molecule has 1 heterocycles. The van der Waals surface area contributed by atoms with E-state index in [1.807, 2.05) is 48.5 Å². The minimum Gasteiger partial charge on any atom is -0.390 e. The Bertz CT molecular complexity index is 2390. The smallest absolute Gasteiger partial charge is 0.246 e. The highest BCUT2D eigenvalue weighted by atomic mass is 16.3. The number of carbonyl (C=O) groups is 11. The topological polar surface area (TPSA) is 255 Å². The zero-order valence-electron chi connectivity index (χ0n) is 58.1. The van der Waals surface area contributed by atoms with Gasteiger partial charge in [0.25, 0.3) is 0 Å². The molecule has 0 spiro atoms. The maximum Gasteiger partial charge on any atom is 0.246 e. The minimum absolute atomic E-state index is 0.0230. The molecule has 0 unspecified atom stereocenters. The highest BCUT2D eigenvalue weighted by Gasteiger charge is 2.47. The fraction of sp³-hybridized carbons (Fsp3) is 0.803. The predicted molar refractivity (Wildman–Crippen MR) is 340 cm³/mol. The molecule has 0 aromatic heterocycles. The van der Waals surface area contributed by atoms with Crippen LogP contribution in [-0.2, 0) is 52.7 Å². The lowest BCUT2D eigenvalue weighted by atomic mass is 9.77. The number of ketones is 2. The molecule has 1 saturated heterocycles. The first-order chi connectivity index (χ1) is 40.0. The number of hydrogen-bond donors (Lipinski definition) is 3. The largest absolute Gasteiger partial charge is 0.390 e. The van der Waals surface area contributed by atoms with Gasteiger partial charge in [0.1, 0.15) is 42.3 Å². The van der Waals surface area contributed by atoms with Crippen LogP contribution < -0.4 is 10.6 Å². The summed E-state index contributed by atoms with van der Waals surface area (Å²) >= 11 is 0. The molecule has 9 amide bonds. The van der Waals surface area contributed by atoms with E-state index in [9.17, 15) is 48.3 Å². The summed E-state index contributed by atoms with van der Waals surface area (Å²) < 4.78 is 0. The Morgan fingerprint density at radius 1 is 0.529 bits per heavy atom. The second-order valence-electron chi connectivity index (χ2n) is 27.7. The molecule has 87 heavy (non-hydrogen) atoms. The number of unbranched alkanes of at least 4 members (excludes halogenated alkanes) is 1. The molecular formula is C66H117N9O12. The van der Waals surface area contributed by atoms with Gasteiger partial charge in [0.2, 0.25) is 53.2 Å². The molecule has 3 N–H and O–H groups in total. The van der Waals surface area contributed by atoms with Gasteiger partial charge in [-0.25, -0.2) is 0 Å². The molecule has 1 aliphatic heterocycles. The standard InChI is InChI=1S/C66H117N9O12/c1-27-30-31-42(14)55(78)54-58(80)68-47(28-2)62(84)69(20)45(17)60(82)75(26)56(66(18,19)29-3)52(77)36-46(40(10)11)61(83)70(21)48(32-37(4)5)51(76)35-43(15)57(79)67-44(16)59(81)71(22)49(33-38(6)7)63(85)72(23)50(34-39(8)9)64(86)73(24)53(41(12)13)65(87)74(54)25/h29,37-50,53-56,78H,3,27-28,30-36H2,1-2,4-26H3,(H,67,79)(H,68,80)/t42-,43-,44-,45-,46+,47+,48+,49+,50+,53+,54+,55-,56-/m1/s1. The molecule has 0 bridgehead atoms. The summed E-state index contributed by atoms with van der Waals surface area (Å²) in [6, 6.07) is -11.0. The molecule has 1 aliphatic rings. The number of aliphatic hydroxyl groups is 1. The van der Waals surface area contributed by atoms with Crippen LogP contribution in [0.4, 0.5) is 0 Å². The Labute approximate surface area is 523 Å². The third-order valence-corrected chi connectivity index (χ3v) is 17.9. The predicted octanol–water partition coefficient (Wildman–Crippen LogP) is 6.23. The van der Waals surface area contributed by atoms with E-state index in [0.29, 0.717) is 12.8 Å². The number of Topliss-reactive ketones (excluding diaryl/α,β-unsaturated/α-hetero) is 2. The first-order valence-electron chi connectivity index (χ1n) is 31.9. The third kappa shape index (κ3) is 20.9. The highest BCUT2D eigenvalue weighted by Crippen LogP contribution is 2.33. The molecular weight excluding hydrogens is 1110 g/mol. The number of carbonyl (C=O) groups excluding carboxylic acids is 11. The van der Waals surface area contributed by atoms with Gasteiger partial charge in [-0.15, -0.1) is 6.58 Å². The van der Waals surface area contributed by atoms with Crippen LogP contribution >= 0.6 is 0 Å². The van der Waals surface area contributed by atoms with Crippen molar-refractivity contribution in [1.29, 1.82) is 0 Å². The number of nitrogens with one attached hydrogen (secondary N) is 2. The van der Waals surface area contributed by atoms with Gasteiger partial charge in [-0.05, 0) is 81.5 Å². The average molecular weight is 1230 g/mol. The van der Waals surface area contributed by atoms with Crippen LogP contribution in [0, 0.1) is 52.8 Å². The van der Waals surface area contributed by atoms with Crippen molar-refractivity contribution in [3.05, 3.63) is 12.7 Å². The molecule has 13 atom stereocenters. The summed E-state index contributed by atoms with van der Waals surface area (Å²) in [6.07, 6.45) is 2.00. The number of nitrogens with zero attached hydrogens (tertiary/aromatic N) is 7. The van der Waals surface area contributed by atoms with Crippen LogP contribution in [0.5, 0.6) is 0 Å². The number of aliphatic hydroxyl groups excluding tert-OH is 1. The summed E-state index contributed by atoms with van der Waals surface area (Å²) in [5.41, 5.74) is -1.08. The molecule has 0 radical (unpaired) electrons. The number of hydrogen-bond acceptors (Lipinski definition) is 12. The second kappa shape index (κ2) is 34.9. The van der Waals surface area contributed by atoms with Crippen molar-refractivity contribution >= 4 is 64.7 Å². The zero-order chi connectivity index (χ0) is 67.8. The summed E-state index contributed by atoms with van der Waals surface area (Å²) in [4.78, 5) is 171. The van der Waals surface area contributed by atoms with E-state index in [1.165, 1.54) is 92.6 Å². The molecule has 0 aliphatic carbocycles. The highest BCUT2D eigenvalue weighted by molar-refractivity contribution is 6.00. The Kier molecular flexibility index (Phi) is 31.8. The summed E-state index contributed by atoms with van der Waals surface area (Å²) in [5, 5.41) is 17.7. The maximum atomic E-state index is 15.2. The van der Waals surface area contributed by atoms with Crippen molar-refractivity contribution < 1.29 is 57.8 Å². The third-order valence-electron chi connectivity index (χ3n) is 17.9. The maximum absolute atomic E-state index is 15.2. The monoisotopic (exact) mass is 1230 g/mol. The van der Waals surface area contributed by atoms with E-state index >= 15 is 9.59 Å². The van der Waals surface area contributed by atoms with Crippen LogP contribution in [-0.4, -0.2) is 214 Å². The fourth-order valence-corrected chi connectivity index (χ4v) is 11.9. The molecule has 0 aromatic carbocycles. The number of likely N-dealkylation sites (N-methyl/N-ethyl adjacent to an activating group) is 7. The van der Waals surface area contributed by atoms with Gasteiger partial charge < -0.3 is 50.0 Å². The Hall–Kier alpha value is -5.73. The quantitative estimate of drug-likeness (QED) is 0.146. The van der Waals surface area contributed by atoms with Gasteiger partial charge in [0.05, 0.1) is 18.2 Å². The van der Waals surface area contributed by atoms with Crippen molar-refractivity contribution in [3.8, 4) is 0 Å². The lowest BCUT2D eigenvalue weighted by Gasteiger charge is -2.42. The van der Waals surface area contributed by atoms with Gasteiger partial charge in [-0.1, -0.05) is 130 Å². The Balaban J connectivity index is 4.42. The molecule has 1 fully saturated rings. The fourth-order valence-electron chi connectivity index (χ4n) is 11.9. The first-order valence-corrected chi connectivity index (χ1v) is 31.9. The van der Waals surface area contributed by atoms with Gasteiger partial charge in [0.15, 0.2) is 11.6 Å². The lowest BCUT2D eigenvalue weighted by molar-refractivity contribution is -0.157. The Morgan fingerprint density at radius 3 is 1.44 bits per heavy atom. The molecule has 1 rings (SSSR count). The first kappa shape index (κ1) is 79.3. The lowest BCUT2D eigenvalue weighted by Crippen LogP contribution is -2.64. The van der Waals surface area contributed by atoms with E-state index in [2.05, 4.69) is 17.2 Å². The zero-order valence-corrected chi connectivity index (χ0v) is 58.1. The van der Waals surface area contributed by atoms with Crippen LogP contribution in [0.15, 0.2) is 12.7 Å². The summed E-state index contributed by atoms with van der Waals surface area (Å²) in [5.74, 6) is -10.5. The number of rotatable bonds is 16. The van der Waals surface area contributed by atoms with Crippen LogP contribution in [0.1, 0.15) is 182 Å². The van der Waals surface area contributed by atoms with Gasteiger partial charge >= 0.3 is 0 Å². The van der Waals surface area contributed by atoms with Crippen LogP contribution in [0.25, 0.3) is 0 Å². The molecule has 21 heteroatoms. The van der Waals surface area contributed by atoms with Crippen molar-refractivity contribution in [2.75, 3.05) is 49.3 Å². The van der Waals surface area contributed by atoms with Gasteiger partial charge in [-0.3, -0.25) is 52.7 Å². The van der Waals surface area contributed by atoms with Gasteiger partial charge in [0, 0.05) is 79.4 Å². The number of amides is 9. The second-order valence-corrected chi connectivity index (χ2v) is 27.7. The average Bonchev–Trinajstić information content (AvgIpc) is 3.32.